The summed E-state index contributed by atoms with van der Waals surface area (Å²) in [5.74, 6) is -0.873. The predicted molar refractivity (Wildman–Crippen MR) is 106 cm³/mol. The number of halogens is 2. The first-order valence-corrected chi connectivity index (χ1v) is 9.38. The maximum atomic E-state index is 13.7. The molecule has 3 aromatic rings. The van der Waals surface area contributed by atoms with Crippen LogP contribution in [0.3, 0.4) is 0 Å². The van der Waals surface area contributed by atoms with E-state index in [0.717, 1.165) is 23.5 Å². The molecule has 0 N–H and O–H groups in total. The lowest BCUT2D eigenvalue weighted by atomic mass is 10.2. The Bertz CT molecular complexity index is 1210. The van der Waals surface area contributed by atoms with E-state index in [2.05, 4.69) is 17.1 Å². The fraction of sp³-hybridized carbons (Fsp3) is 0.350. The number of hydrogen-bond acceptors (Lipinski definition) is 4. The van der Waals surface area contributed by atoms with E-state index in [4.69, 9.17) is 0 Å². The number of aromatic nitrogens is 4. The third-order valence-corrected chi connectivity index (χ3v) is 5.17. The van der Waals surface area contributed by atoms with Crippen molar-refractivity contribution in [2.24, 2.45) is 14.1 Å². The van der Waals surface area contributed by atoms with Crippen LogP contribution in [0.25, 0.3) is 11.2 Å². The molecule has 0 spiro atoms. The fourth-order valence-electron chi connectivity index (χ4n) is 3.72. The normalized spacial score (nSPS) is 14.6. The molecule has 0 unspecified atom stereocenters. The van der Waals surface area contributed by atoms with Crippen LogP contribution in [0.15, 0.2) is 39.9 Å². The van der Waals surface area contributed by atoms with Crippen molar-refractivity contribution in [2.75, 3.05) is 18.0 Å². The number of aryl methyl sites for hydroxylation is 1. The standard InChI is InChI=1S/C20H21F2N5O2/c1-24-17-16(18(28)25(2)20(24)29)27(12-13-9-14(21)11-15(22)10-13)19(23-17)26-7-5-3-4-6-8-26/h3-4,9-11H,5-8,12H2,1-2H3. The highest BCUT2D eigenvalue weighted by molar-refractivity contribution is 5.74. The Morgan fingerprint density at radius 2 is 1.59 bits per heavy atom. The van der Waals surface area contributed by atoms with Crippen LogP contribution in [0.4, 0.5) is 14.7 Å². The number of benzene rings is 1. The van der Waals surface area contributed by atoms with Gasteiger partial charge in [0.2, 0.25) is 5.95 Å². The molecule has 0 atom stereocenters. The van der Waals surface area contributed by atoms with Crippen molar-refractivity contribution in [1.29, 1.82) is 0 Å². The minimum atomic E-state index is -0.690. The molecule has 0 saturated carbocycles. The third-order valence-electron chi connectivity index (χ3n) is 5.17. The van der Waals surface area contributed by atoms with Crippen LogP contribution in [0.2, 0.25) is 0 Å². The van der Waals surface area contributed by atoms with Gasteiger partial charge >= 0.3 is 5.69 Å². The van der Waals surface area contributed by atoms with E-state index < -0.39 is 22.9 Å². The molecule has 0 bridgehead atoms. The van der Waals surface area contributed by atoms with Crippen molar-refractivity contribution in [1.82, 2.24) is 18.7 Å². The first-order valence-electron chi connectivity index (χ1n) is 9.38. The van der Waals surface area contributed by atoms with E-state index in [1.807, 2.05) is 4.90 Å². The summed E-state index contributed by atoms with van der Waals surface area (Å²) in [4.78, 5) is 31.9. The van der Waals surface area contributed by atoms with Gasteiger partial charge in [0, 0.05) is 33.3 Å². The Labute approximate surface area is 165 Å². The number of fused-ring (bicyclic) bond motifs is 1. The molecule has 2 aromatic heterocycles. The lowest BCUT2D eigenvalue weighted by Crippen LogP contribution is -2.37. The van der Waals surface area contributed by atoms with Crippen LogP contribution in [0.5, 0.6) is 0 Å². The highest BCUT2D eigenvalue weighted by Gasteiger charge is 2.23. The van der Waals surface area contributed by atoms with E-state index >= 15 is 0 Å². The van der Waals surface area contributed by atoms with Gasteiger partial charge in [-0.2, -0.15) is 4.98 Å². The minimum absolute atomic E-state index is 0.0535. The van der Waals surface area contributed by atoms with E-state index in [1.54, 1.807) is 11.6 Å². The third kappa shape index (κ3) is 3.37. The molecule has 9 heteroatoms. The molecule has 0 radical (unpaired) electrons. The smallest absolute Gasteiger partial charge is 0.332 e. The van der Waals surface area contributed by atoms with Gasteiger partial charge in [-0.15, -0.1) is 0 Å². The Morgan fingerprint density at radius 3 is 2.21 bits per heavy atom. The summed E-state index contributed by atoms with van der Waals surface area (Å²) in [7, 11) is 2.95. The molecule has 4 rings (SSSR count). The van der Waals surface area contributed by atoms with Gasteiger partial charge < -0.3 is 4.90 Å². The summed E-state index contributed by atoms with van der Waals surface area (Å²) in [5.41, 5.74) is -0.125. The molecule has 1 aromatic carbocycles. The average molecular weight is 401 g/mol. The van der Waals surface area contributed by atoms with Crippen LogP contribution < -0.4 is 16.1 Å². The van der Waals surface area contributed by atoms with Crippen molar-refractivity contribution < 1.29 is 8.78 Å². The van der Waals surface area contributed by atoms with Gasteiger partial charge in [-0.3, -0.25) is 18.5 Å². The number of hydrogen-bond donors (Lipinski definition) is 0. The summed E-state index contributed by atoms with van der Waals surface area (Å²) in [5, 5.41) is 0. The van der Waals surface area contributed by atoms with Gasteiger partial charge in [-0.25, -0.2) is 13.6 Å². The first-order chi connectivity index (χ1) is 13.9. The van der Waals surface area contributed by atoms with Crippen molar-refractivity contribution in [3.63, 3.8) is 0 Å². The largest absolute Gasteiger partial charge is 0.342 e. The SMILES string of the molecule is Cn1c(=O)c2c(nc(N3CCC=CCC3)n2Cc2cc(F)cc(F)c2)n(C)c1=O. The second kappa shape index (κ2) is 7.31. The second-order valence-electron chi connectivity index (χ2n) is 7.19. The second-order valence-corrected chi connectivity index (χ2v) is 7.19. The zero-order valence-electron chi connectivity index (χ0n) is 16.2. The zero-order chi connectivity index (χ0) is 20.7. The minimum Gasteiger partial charge on any atom is -0.342 e. The van der Waals surface area contributed by atoms with Crippen LogP contribution >= 0.6 is 0 Å². The topological polar surface area (TPSA) is 65.1 Å². The van der Waals surface area contributed by atoms with E-state index in [1.165, 1.54) is 23.7 Å². The molecule has 0 saturated heterocycles. The van der Waals surface area contributed by atoms with Crippen LogP contribution in [0.1, 0.15) is 18.4 Å². The Hall–Kier alpha value is -3.23. The van der Waals surface area contributed by atoms with Crippen LogP contribution in [-0.4, -0.2) is 31.8 Å². The van der Waals surface area contributed by atoms with Gasteiger partial charge in [0.05, 0.1) is 6.54 Å². The summed E-state index contributed by atoms with van der Waals surface area (Å²) in [6.45, 7) is 1.43. The lowest BCUT2D eigenvalue weighted by molar-refractivity contribution is 0.577. The first kappa shape index (κ1) is 19.1. The van der Waals surface area contributed by atoms with Crippen molar-refractivity contribution >= 4 is 17.1 Å². The molecule has 0 amide bonds. The number of anilines is 1. The summed E-state index contributed by atoms with van der Waals surface area (Å²) >= 11 is 0. The van der Waals surface area contributed by atoms with Crippen molar-refractivity contribution in [2.45, 2.75) is 19.4 Å². The van der Waals surface area contributed by atoms with Crippen LogP contribution in [0, 0.1) is 11.6 Å². The molecule has 152 valence electrons. The number of imidazole rings is 1. The maximum absolute atomic E-state index is 13.7. The molecule has 3 heterocycles. The van der Waals surface area contributed by atoms with Gasteiger partial charge in [0.1, 0.15) is 11.6 Å². The number of rotatable bonds is 3. The lowest BCUT2D eigenvalue weighted by Gasteiger charge is -2.22. The molecular formula is C20H21F2N5O2. The molecule has 7 nitrogen and oxygen atoms in total. The van der Waals surface area contributed by atoms with E-state index in [0.29, 0.717) is 24.6 Å². The van der Waals surface area contributed by atoms with Gasteiger partial charge in [0.25, 0.3) is 5.56 Å². The molecule has 0 fully saturated rings. The van der Waals surface area contributed by atoms with E-state index in [9.17, 15) is 18.4 Å². The van der Waals surface area contributed by atoms with Gasteiger partial charge in [0.15, 0.2) is 11.2 Å². The Kier molecular flexibility index (Phi) is 4.81. The average Bonchev–Trinajstić information content (AvgIpc) is 2.85. The zero-order valence-corrected chi connectivity index (χ0v) is 16.2. The van der Waals surface area contributed by atoms with Crippen molar-refractivity contribution in [3.8, 4) is 0 Å². The predicted octanol–water partition coefficient (Wildman–Crippen LogP) is 1.92. The summed E-state index contributed by atoms with van der Waals surface area (Å²) < 4.78 is 31.5. The molecule has 1 aliphatic heterocycles. The monoisotopic (exact) mass is 401 g/mol. The van der Waals surface area contributed by atoms with Crippen LogP contribution in [-0.2, 0) is 20.6 Å². The Balaban J connectivity index is 1.97. The summed E-state index contributed by atoms with van der Waals surface area (Å²) in [6.07, 6.45) is 5.80. The van der Waals surface area contributed by atoms with Gasteiger partial charge in [-0.1, -0.05) is 12.2 Å². The van der Waals surface area contributed by atoms with Gasteiger partial charge in [-0.05, 0) is 30.5 Å². The Morgan fingerprint density at radius 1 is 0.966 bits per heavy atom. The fourth-order valence-corrected chi connectivity index (χ4v) is 3.72. The van der Waals surface area contributed by atoms with E-state index in [-0.39, 0.29) is 17.7 Å². The molecule has 1 aliphatic rings. The molecular weight excluding hydrogens is 380 g/mol. The van der Waals surface area contributed by atoms with Crippen molar-refractivity contribution in [3.05, 3.63) is 68.4 Å². The highest BCUT2D eigenvalue weighted by Crippen LogP contribution is 2.23. The number of nitrogens with zero attached hydrogens (tertiary/aromatic N) is 5. The maximum Gasteiger partial charge on any atom is 0.332 e. The molecule has 0 aliphatic carbocycles. The quantitative estimate of drug-likeness (QED) is 0.629. The highest BCUT2D eigenvalue weighted by atomic mass is 19.1. The summed E-state index contributed by atoms with van der Waals surface area (Å²) in [6, 6.07) is 3.27. The molecule has 29 heavy (non-hydrogen) atoms.